The topological polar surface area (TPSA) is 69.9 Å². The Morgan fingerprint density at radius 3 is 3.05 bits per heavy atom. The highest BCUT2D eigenvalue weighted by Gasteiger charge is 2.15. The van der Waals surface area contributed by atoms with Crippen molar-refractivity contribution in [3.8, 4) is 11.3 Å². The first-order chi connectivity index (χ1) is 9.20. The molecular formula is C13H13BrN4O. The van der Waals surface area contributed by atoms with Gasteiger partial charge in [0.05, 0.1) is 10.2 Å². The van der Waals surface area contributed by atoms with E-state index < -0.39 is 0 Å². The predicted octanol–water partition coefficient (Wildman–Crippen LogP) is 2.49. The Bertz CT molecular complexity index is 731. The van der Waals surface area contributed by atoms with Gasteiger partial charge in [0.2, 0.25) is 0 Å². The van der Waals surface area contributed by atoms with E-state index >= 15 is 0 Å². The Labute approximate surface area is 118 Å². The van der Waals surface area contributed by atoms with Gasteiger partial charge in [-0.1, -0.05) is 6.07 Å². The lowest BCUT2D eigenvalue weighted by atomic mass is 10.1. The van der Waals surface area contributed by atoms with Gasteiger partial charge in [0.25, 0.3) is 0 Å². The van der Waals surface area contributed by atoms with Crippen LogP contribution >= 0.6 is 15.9 Å². The van der Waals surface area contributed by atoms with Crippen LogP contribution in [0.25, 0.3) is 22.4 Å². The van der Waals surface area contributed by atoms with E-state index in [0.29, 0.717) is 6.54 Å². The van der Waals surface area contributed by atoms with Gasteiger partial charge in [-0.25, -0.2) is 4.98 Å². The summed E-state index contributed by atoms with van der Waals surface area (Å²) in [6.45, 7) is 0.596. The van der Waals surface area contributed by atoms with E-state index in [9.17, 15) is 0 Å². The van der Waals surface area contributed by atoms with Crippen molar-refractivity contribution in [3.63, 3.8) is 0 Å². The molecular weight excluding hydrogens is 308 g/mol. The van der Waals surface area contributed by atoms with E-state index in [2.05, 4.69) is 26.0 Å². The Morgan fingerprint density at radius 1 is 1.42 bits per heavy atom. The molecule has 6 heteroatoms. The number of fused-ring (bicyclic) bond motifs is 1. The quantitative estimate of drug-likeness (QED) is 0.805. The number of aryl methyl sites for hydroxylation is 1. The van der Waals surface area contributed by atoms with Crippen LogP contribution in [0, 0.1) is 0 Å². The van der Waals surface area contributed by atoms with E-state index in [0.717, 1.165) is 38.9 Å². The smallest absolute Gasteiger partial charge is 0.181 e. The molecule has 0 unspecified atom stereocenters. The summed E-state index contributed by atoms with van der Waals surface area (Å²) >= 11 is 3.61. The van der Waals surface area contributed by atoms with Crippen LogP contribution in [-0.2, 0) is 13.5 Å². The average Bonchev–Trinajstić information content (AvgIpc) is 2.97. The summed E-state index contributed by atoms with van der Waals surface area (Å²) in [4.78, 5) is 4.11. The predicted molar refractivity (Wildman–Crippen MR) is 76.7 cm³/mol. The molecule has 0 atom stereocenters. The second-order valence-electron chi connectivity index (χ2n) is 4.31. The summed E-state index contributed by atoms with van der Waals surface area (Å²) in [5, 5.41) is 4.54. The van der Waals surface area contributed by atoms with Crippen molar-refractivity contribution in [2.75, 3.05) is 6.54 Å². The van der Waals surface area contributed by atoms with Gasteiger partial charge in [-0.05, 0) is 34.6 Å². The number of aromatic nitrogens is 3. The molecule has 0 radical (unpaired) electrons. The lowest BCUT2D eigenvalue weighted by Crippen LogP contribution is -2.07. The van der Waals surface area contributed by atoms with Gasteiger partial charge in [0.15, 0.2) is 12.0 Å². The van der Waals surface area contributed by atoms with Crippen molar-refractivity contribution in [1.82, 2.24) is 14.8 Å². The zero-order valence-corrected chi connectivity index (χ0v) is 12.0. The third-order valence-corrected chi connectivity index (χ3v) is 3.92. The molecule has 2 aromatic heterocycles. The zero-order valence-electron chi connectivity index (χ0n) is 10.4. The number of hydrogen-bond acceptors (Lipinski definition) is 4. The molecule has 0 aliphatic carbocycles. The molecule has 19 heavy (non-hydrogen) atoms. The summed E-state index contributed by atoms with van der Waals surface area (Å²) in [6, 6.07) is 5.86. The highest BCUT2D eigenvalue weighted by Crippen LogP contribution is 2.31. The third kappa shape index (κ3) is 2.06. The maximum absolute atomic E-state index is 5.62. The van der Waals surface area contributed by atoms with Crippen LogP contribution in [0.1, 0.15) is 5.69 Å². The summed E-state index contributed by atoms with van der Waals surface area (Å²) in [7, 11) is 1.92. The number of benzene rings is 1. The normalized spacial score (nSPS) is 11.3. The minimum Gasteiger partial charge on any atom is -0.443 e. The summed E-state index contributed by atoms with van der Waals surface area (Å²) < 4.78 is 8.17. The summed E-state index contributed by atoms with van der Waals surface area (Å²) in [6.07, 6.45) is 2.23. The average molecular weight is 321 g/mol. The number of halogens is 1. The largest absolute Gasteiger partial charge is 0.443 e. The molecule has 0 aliphatic heterocycles. The fourth-order valence-corrected chi connectivity index (χ4v) is 2.89. The van der Waals surface area contributed by atoms with E-state index in [-0.39, 0.29) is 0 Å². The molecule has 1 aromatic carbocycles. The van der Waals surface area contributed by atoms with Crippen molar-refractivity contribution in [1.29, 1.82) is 0 Å². The Kier molecular flexibility index (Phi) is 3.12. The first-order valence-corrected chi connectivity index (χ1v) is 6.75. The highest BCUT2D eigenvalue weighted by atomic mass is 79.9. The van der Waals surface area contributed by atoms with Crippen LogP contribution in [0.2, 0.25) is 0 Å². The first kappa shape index (κ1) is 12.4. The minimum atomic E-state index is 0.596. The zero-order chi connectivity index (χ0) is 13.4. The van der Waals surface area contributed by atoms with Crippen molar-refractivity contribution in [2.24, 2.45) is 12.8 Å². The highest BCUT2D eigenvalue weighted by molar-refractivity contribution is 9.10. The molecule has 98 valence electrons. The van der Waals surface area contributed by atoms with Gasteiger partial charge < -0.3 is 10.2 Å². The van der Waals surface area contributed by atoms with Gasteiger partial charge in [0.1, 0.15) is 11.2 Å². The molecule has 2 N–H and O–H groups in total. The van der Waals surface area contributed by atoms with E-state index in [1.165, 1.54) is 6.39 Å². The first-order valence-electron chi connectivity index (χ1n) is 5.95. The maximum Gasteiger partial charge on any atom is 0.181 e. The SMILES string of the molecule is Cn1nc(-c2ccc3ncoc3c2)c(Br)c1CCN. The van der Waals surface area contributed by atoms with Crippen molar-refractivity contribution >= 4 is 27.0 Å². The molecule has 0 spiro atoms. The van der Waals surface area contributed by atoms with Crippen LogP contribution in [-0.4, -0.2) is 21.3 Å². The number of oxazole rings is 1. The van der Waals surface area contributed by atoms with E-state index in [4.69, 9.17) is 10.2 Å². The second-order valence-corrected chi connectivity index (χ2v) is 5.10. The number of nitrogens with two attached hydrogens (primary N) is 1. The number of nitrogens with zero attached hydrogens (tertiary/aromatic N) is 3. The molecule has 0 aliphatic rings. The van der Waals surface area contributed by atoms with Gasteiger partial charge in [0, 0.05) is 19.0 Å². The van der Waals surface area contributed by atoms with Gasteiger partial charge in [-0.15, -0.1) is 0 Å². The molecule has 5 nitrogen and oxygen atoms in total. The van der Waals surface area contributed by atoms with Gasteiger partial charge >= 0.3 is 0 Å². The molecule has 0 bridgehead atoms. The van der Waals surface area contributed by atoms with E-state index in [1.54, 1.807) is 0 Å². The molecule has 3 aromatic rings. The van der Waals surface area contributed by atoms with Crippen LogP contribution in [0.4, 0.5) is 0 Å². The van der Waals surface area contributed by atoms with Gasteiger partial charge in [-0.3, -0.25) is 4.68 Å². The lowest BCUT2D eigenvalue weighted by Gasteiger charge is -1.99. The monoisotopic (exact) mass is 320 g/mol. The Hall–Kier alpha value is -1.66. The molecule has 0 saturated heterocycles. The molecule has 0 saturated carbocycles. The van der Waals surface area contributed by atoms with Crippen molar-refractivity contribution in [2.45, 2.75) is 6.42 Å². The Balaban J connectivity index is 2.12. The van der Waals surface area contributed by atoms with Crippen LogP contribution in [0.3, 0.4) is 0 Å². The van der Waals surface area contributed by atoms with Crippen molar-refractivity contribution in [3.05, 3.63) is 34.8 Å². The third-order valence-electron chi connectivity index (χ3n) is 3.09. The van der Waals surface area contributed by atoms with Crippen LogP contribution < -0.4 is 5.73 Å². The maximum atomic E-state index is 5.62. The van der Waals surface area contributed by atoms with Gasteiger partial charge in [-0.2, -0.15) is 5.10 Å². The Morgan fingerprint density at radius 2 is 2.26 bits per heavy atom. The summed E-state index contributed by atoms with van der Waals surface area (Å²) in [5.74, 6) is 0. The number of rotatable bonds is 3. The molecule has 0 fully saturated rings. The molecule has 0 amide bonds. The van der Waals surface area contributed by atoms with Crippen molar-refractivity contribution < 1.29 is 4.42 Å². The van der Waals surface area contributed by atoms with E-state index in [1.807, 2.05) is 29.9 Å². The molecule has 2 heterocycles. The fraction of sp³-hybridized carbons (Fsp3) is 0.231. The van der Waals surface area contributed by atoms with Crippen LogP contribution in [0.15, 0.2) is 33.5 Å². The second kappa shape index (κ2) is 4.79. The minimum absolute atomic E-state index is 0.596. The standard InChI is InChI=1S/C13H13BrN4O/c1-18-10(4-5-15)12(14)13(17-18)8-2-3-9-11(6-8)19-7-16-9/h2-3,6-7H,4-5,15H2,1H3. The fourth-order valence-electron chi connectivity index (χ4n) is 2.13. The summed E-state index contributed by atoms with van der Waals surface area (Å²) in [5.41, 5.74) is 10.2. The van der Waals surface area contributed by atoms with Crippen LogP contribution in [0.5, 0.6) is 0 Å². The molecule has 3 rings (SSSR count). The lowest BCUT2D eigenvalue weighted by molar-refractivity contribution is 0.602. The number of hydrogen-bond donors (Lipinski definition) is 1.